The molecule has 2 heterocycles. The van der Waals surface area contributed by atoms with E-state index in [1.54, 1.807) is 13.3 Å². The molecule has 0 amide bonds. The van der Waals surface area contributed by atoms with E-state index in [2.05, 4.69) is 15.4 Å². The summed E-state index contributed by atoms with van der Waals surface area (Å²) in [5.74, 6) is 1.04. The number of anilines is 1. The number of rotatable bonds is 6. The summed E-state index contributed by atoms with van der Waals surface area (Å²) >= 11 is 0. The van der Waals surface area contributed by atoms with Crippen LogP contribution in [0.2, 0.25) is 0 Å². The summed E-state index contributed by atoms with van der Waals surface area (Å²) < 4.78 is 5.48. The van der Waals surface area contributed by atoms with Crippen LogP contribution in [0.3, 0.4) is 0 Å². The second kappa shape index (κ2) is 8.41. The maximum Gasteiger partial charge on any atom is 0.162 e. The van der Waals surface area contributed by atoms with E-state index in [0.29, 0.717) is 23.0 Å². The van der Waals surface area contributed by atoms with E-state index in [0.717, 1.165) is 47.5 Å². The first-order valence-electron chi connectivity index (χ1n) is 10.2. The summed E-state index contributed by atoms with van der Waals surface area (Å²) in [5.41, 5.74) is 12.4. The molecule has 2 aromatic heterocycles. The van der Waals surface area contributed by atoms with Crippen LogP contribution < -0.4 is 15.9 Å². The molecule has 0 saturated heterocycles. The zero-order chi connectivity index (χ0) is 20.4. The van der Waals surface area contributed by atoms with Gasteiger partial charge in [-0.25, -0.2) is 4.98 Å². The Bertz CT molecular complexity index is 948. The van der Waals surface area contributed by atoms with Crippen LogP contribution in [-0.2, 0) is 0 Å². The van der Waals surface area contributed by atoms with Gasteiger partial charge in [-0.2, -0.15) is 0 Å². The van der Waals surface area contributed by atoms with Crippen LogP contribution in [0.5, 0.6) is 5.75 Å². The minimum Gasteiger partial charge on any atom is -0.767 e. The number of aromatic nitrogens is 2. The lowest BCUT2D eigenvalue weighted by molar-refractivity contribution is 0.198. The largest absolute Gasteiger partial charge is 0.767 e. The van der Waals surface area contributed by atoms with Crippen molar-refractivity contribution in [2.45, 2.75) is 44.7 Å². The number of nitrogens with one attached hydrogen (secondary N) is 2. The van der Waals surface area contributed by atoms with Gasteiger partial charge in [0.1, 0.15) is 11.3 Å². The standard InChI is InChI=1S/C22H28N5O2/c1-14(23)15-8-10-17(11-9-15)27(28)26-21-18-12-19(16-6-4-3-5-7-16)25-22(18)24-13-20(21)29-2/h3-7,12-15,17H,8-11,23H2,1-2H3,(H2,24,25,26)/q-1. The van der Waals surface area contributed by atoms with Gasteiger partial charge in [0.05, 0.1) is 13.3 Å². The van der Waals surface area contributed by atoms with E-state index in [-0.39, 0.29) is 12.1 Å². The zero-order valence-corrected chi connectivity index (χ0v) is 16.9. The van der Waals surface area contributed by atoms with Gasteiger partial charge in [0, 0.05) is 23.2 Å². The number of methoxy groups -OCH3 is 1. The normalized spacial score (nSPS) is 20.7. The molecule has 29 heavy (non-hydrogen) atoms. The van der Waals surface area contributed by atoms with Crippen molar-refractivity contribution in [2.24, 2.45) is 11.7 Å². The number of nitrogens with two attached hydrogens (primary N) is 1. The van der Waals surface area contributed by atoms with Gasteiger partial charge < -0.3 is 26.1 Å². The molecule has 0 spiro atoms. The lowest BCUT2D eigenvalue weighted by Gasteiger charge is -2.42. The van der Waals surface area contributed by atoms with Crippen LogP contribution in [0.4, 0.5) is 5.69 Å². The molecule has 1 aliphatic carbocycles. The number of hydrazine groups is 1. The van der Waals surface area contributed by atoms with E-state index in [4.69, 9.17) is 10.5 Å². The summed E-state index contributed by atoms with van der Waals surface area (Å²) in [5, 5.41) is 14.7. The molecule has 1 saturated carbocycles. The Hall–Kier alpha value is -2.61. The molecule has 4 rings (SSSR count). The fraction of sp³-hybridized carbons (Fsp3) is 0.409. The Morgan fingerprint density at radius 2 is 1.97 bits per heavy atom. The first-order chi connectivity index (χ1) is 14.1. The Labute approximate surface area is 170 Å². The third kappa shape index (κ3) is 4.07. The minimum absolute atomic E-state index is 0.0783. The molecule has 4 N–H and O–H groups in total. The molecule has 1 aliphatic rings. The van der Waals surface area contributed by atoms with Crippen LogP contribution in [-0.4, -0.2) is 34.3 Å². The smallest absolute Gasteiger partial charge is 0.162 e. The Kier molecular flexibility index (Phi) is 5.71. The van der Waals surface area contributed by atoms with Gasteiger partial charge in [0.2, 0.25) is 0 Å². The molecular formula is C22H28N5O2-. The second-order valence-electron chi connectivity index (χ2n) is 7.88. The number of hydrogen-bond donors (Lipinski definition) is 3. The third-order valence-electron chi connectivity index (χ3n) is 5.97. The van der Waals surface area contributed by atoms with Crippen LogP contribution in [0.25, 0.3) is 22.3 Å². The first kappa shape index (κ1) is 19.7. The maximum absolute atomic E-state index is 12.9. The van der Waals surface area contributed by atoms with Gasteiger partial charge in [-0.05, 0) is 50.2 Å². The van der Waals surface area contributed by atoms with Crippen molar-refractivity contribution in [3.05, 3.63) is 47.8 Å². The Morgan fingerprint density at radius 3 is 2.62 bits per heavy atom. The van der Waals surface area contributed by atoms with Crippen molar-refractivity contribution in [1.29, 1.82) is 0 Å². The van der Waals surface area contributed by atoms with Gasteiger partial charge in [-0.1, -0.05) is 30.3 Å². The zero-order valence-electron chi connectivity index (χ0n) is 16.9. The van der Waals surface area contributed by atoms with E-state index >= 15 is 0 Å². The summed E-state index contributed by atoms with van der Waals surface area (Å²) in [4.78, 5) is 7.79. The van der Waals surface area contributed by atoms with E-state index in [9.17, 15) is 5.21 Å². The fourth-order valence-electron chi connectivity index (χ4n) is 4.16. The van der Waals surface area contributed by atoms with Crippen molar-refractivity contribution >= 4 is 16.7 Å². The van der Waals surface area contributed by atoms with Crippen molar-refractivity contribution in [1.82, 2.24) is 15.1 Å². The third-order valence-corrected chi connectivity index (χ3v) is 5.97. The lowest BCUT2D eigenvalue weighted by atomic mass is 9.82. The number of benzene rings is 1. The highest BCUT2D eigenvalue weighted by Crippen LogP contribution is 2.36. The molecule has 1 aromatic carbocycles. The molecule has 7 heteroatoms. The molecule has 0 bridgehead atoms. The van der Waals surface area contributed by atoms with Gasteiger partial charge in [-0.15, -0.1) is 0 Å². The van der Waals surface area contributed by atoms with E-state index < -0.39 is 0 Å². The number of H-pyrrole nitrogens is 1. The summed E-state index contributed by atoms with van der Waals surface area (Å²) in [6.45, 7) is 2.05. The number of fused-ring (bicyclic) bond motifs is 1. The van der Waals surface area contributed by atoms with Crippen molar-refractivity contribution < 1.29 is 4.74 Å². The number of hydroxylamine groups is 1. The van der Waals surface area contributed by atoms with Gasteiger partial charge in [0.15, 0.2) is 5.75 Å². The highest BCUT2D eigenvalue weighted by molar-refractivity contribution is 5.96. The average Bonchev–Trinajstić information content (AvgIpc) is 3.19. The van der Waals surface area contributed by atoms with Gasteiger partial charge in [0.25, 0.3) is 0 Å². The highest BCUT2D eigenvalue weighted by Gasteiger charge is 2.25. The Balaban J connectivity index is 1.59. The lowest BCUT2D eigenvalue weighted by Crippen LogP contribution is -2.40. The number of aromatic amines is 1. The van der Waals surface area contributed by atoms with Gasteiger partial charge >= 0.3 is 0 Å². The fourth-order valence-corrected chi connectivity index (χ4v) is 4.16. The minimum atomic E-state index is -0.0783. The number of nitrogens with zero attached hydrogens (tertiary/aromatic N) is 2. The second-order valence-corrected chi connectivity index (χ2v) is 7.88. The molecule has 3 aromatic rings. The van der Waals surface area contributed by atoms with Crippen LogP contribution in [0, 0.1) is 11.1 Å². The average molecular weight is 394 g/mol. The SMILES string of the molecule is COc1cnc2[nH]c(-c3ccccc3)cc2c1NN([O-])C1CCC(C(C)N)CC1. The summed E-state index contributed by atoms with van der Waals surface area (Å²) in [7, 11) is 1.59. The van der Waals surface area contributed by atoms with Crippen LogP contribution in [0.1, 0.15) is 32.6 Å². The number of pyridine rings is 1. The maximum atomic E-state index is 12.9. The molecular weight excluding hydrogens is 366 g/mol. The number of ether oxygens (including phenoxy) is 1. The summed E-state index contributed by atoms with van der Waals surface area (Å²) in [6.07, 6.45) is 5.27. The summed E-state index contributed by atoms with van der Waals surface area (Å²) in [6, 6.07) is 12.1. The monoisotopic (exact) mass is 394 g/mol. The predicted octanol–water partition coefficient (Wildman–Crippen LogP) is 4.27. The van der Waals surface area contributed by atoms with Gasteiger partial charge in [-0.3, -0.25) is 5.17 Å². The topological polar surface area (TPSA) is 102 Å². The first-order valence-corrected chi connectivity index (χ1v) is 10.2. The number of hydrogen-bond acceptors (Lipinski definition) is 6. The molecule has 1 atom stereocenters. The van der Waals surface area contributed by atoms with Crippen molar-refractivity contribution in [2.75, 3.05) is 12.5 Å². The van der Waals surface area contributed by atoms with Crippen LogP contribution in [0.15, 0.2) is 42.6 Å². The molecule has 1 fully saturated rings. The quantitative estimate of drug-likeness (QED) is 0.540. The molecule has 1 unspecified atom stereocenters. The predicted molar refractivity (Wildman–Crippen MR) is 116 cm³/mol. The van der Waals surface area contributed by atoms with Crippen molar-refractivity contribution in [3.8, 4) is 17.0 Å². The Morgan fingerprint density at radius 1 is 1.24 bits per heavy atom. The van der Waals surface area contributed by atoms with Crippen LogP contribution >= 0.6 is 0 Å². The highest BCUT2D eigenvalue weighted by atomic mass is 16.5. The molecule has 154 valence electrons. The van der Waals surface area contributed by atoms with Crippen molar-refractivity contribution in [3.63, 3.8) is 0 Å². The molecule has 0 radical (unpaired) electrons. The van der Waals surface area contributed by atoms with E-state index in [1.807, 2.05) is 43.3 Å². The molecule has 7 nitrogen and oxygen atoms in total. The molecule has 0 aliphatic heterocycles. The van der Waals surface area contributed by atoms with E-state index in [1.165, 1.54) is 0 Å².